The minimum Gasteiger partial charge on any atom is -0.490 e. The molecule has 0 heterocycles. The maximum absolute atomic E-state index is 11.8. The zero-order chi connectivity index (χ0) is 15.9. The van der Waals surface area contributed by atoms with Gasteiger partial charge in [0.1, 0.15) is 6.61 Å². The van der Waals surface area contributed by atoms with E-state index in [1.165, 1.54) is 0 Å². The van der Waals surface area contributed by atoms with Crippen molar-refractivity contribution in [3.8, 4) is 11.5 Å². The van der Waals surface area contributed by atoms with Crippen molar-refractivity contribution in [3.63, 3.8) is 0 Å². The van der Waals surface area contributed by atoms with Crippen LogP contribution in [0.25, 0.3) is 0 Å². The van der Waals surface area contributed by atoms with Gasteiger partial charge in [-0.15, -0.1) is 0 Å². The average molecular weight is 295 g/mol. The highest BCUT2D eigenvalue weighted by atomic mass is 16.5. The maximum Gasteiger partial charge on any atom is 0.250 e. The summed E-state index contributed by atoms with van der Waals surface area (Å²) in [5.74, 6) is 1.09. The van der Waals surface area contributed by atoms with Gasteiger partial charge in [0.25, 0.3) is 0 Å². The Morgan fingerprint density at radius 3 is 2.29 bits per heavy atom. The number of hydrogen-bond acceptors (Lipinski definition) is 4. The monoisotopic (exact) mass is 295 g/mol. The molecule has 1 rings (SSSR count). The fourth-order valence-corrected chi connectivity index (χ4v) is 1.61. The first-order chi connectivity index (χ1) is 9.85. The van der Waals surface area contributed by atoms with Crippen molar-refractivity contribution in [3.05, 3.63) is 18.2 Å². The standard InChI is InChI=1S/C16H25NO4/c1-6-19-13-9-8-12(10-14(13)20-7-2)17-15(18)11-21-16(3,4)5/h8-10H,6-7,11H2,1-5H3,(H,17,18). The third-order valence-electron chi connectivity index (χ3n) is 2.46. The van der Waals surface area contributed by atoms with Gasteiger partial charge in [-0.3, -0.25) is 4.79 Å². The van der Waals surface area contributed by atoms with Gasteiger partial charge in [-0.1, -0.05) is 0 Å². The van der Waals surface area contributed by atoms with E-state index >= 15 is 0 Å². The maximum atomic E-state index is 11.8. The molecule has 0 aromatic heterocycles. The molecule has 1 aromatic carbocycles. The molecule has 0 bridgehead atoms. The van der Waals surface area contributed by atoms with Crippen LogP contribution in [0.5, 0.6) is 11.5 Å². The molecule has 0 aliphatic rings. The Morgan fingerprint density at radius 1 is 1.10 bits per heavy atom. The lowest BCUT2D eigenvalue weighted by Gasteiger charge is -2.19. The fraction of sp³-hybridized carbons (Fsp3) is 0.562. The Hall–Kier alpha value is -1.75. The van der Waals surface area contributed by atoms with E-state index in [4.69, 9.17) is 14.2 Å². The molecule has 0 atom stereocenters. The second kappa shape index (κ2) is 7.88. The zero-order valence-corrected chi connectivity index (χ0v) is 13.5. The van der Waals surface area contributed by atoms with Crippen molar-refractivity contribution < 1.29 is 19.0 Å². The summed E-state index contributed by atoms with van der Waals surface area (Å²) in [5.41, 5.74) is 0.316. The molecule has 1 amide bonds. The van der Waals surface area contributed by atoms with Crippen LogP contribution in [-0.2, 0) is 9.53 Å². The SMILES string of the molecule is CCOc1ccc(NC(=O)COC(C)(C)C)cc1OCC. The molecule has 1 aromatic rings. The molecule has 118 valence electrons. The topological polar surface area (TPSA) is 56.8 Å². The first-order valence-electron chi connectivity index (χ1n) is 7.19. The highest BCUT2D eigenvalue weighted by Gasteiger charge is 2.14. The number of hydrogen-bond donors (Lipinski definition) is 1. The molecule has 1 N–H and O–H groups in total. The first-order valence-corrected chi connectivity index (χ1v) is 7.19. The van der Waals surface area contributed by atoms with E-state index in [0.717, 1.165) is 0 Å². The Balaban J connectivity index is 2.70. The van der Waals surface area contributed by atoms with E-state index in [1.54, 1.807) is 18.2 Å². The van der Waals surface area contributed by atoms with Crippen molar-refractivity contribution in [1.29, 1.82) is 0 Å². The van der Waals surface area contributed by atoms with Crippen LogP contribution in [0.15, 0.2) is 18.2 Å². The lowest BCUT2D eigenvalue weighted by Crippen LogP contribution is -2.27. The number of benzene rings is 1. The molecule has 0 saturated heterocycles. The van der Waals surface area contributed by atoms with Crippen molar-refractivity contribution in [2.45, 2.75) is 40.2 Å². The highest BCUT2D eigenvalue weighted by Crippen LogP contribution is 2.30. The van der Waals surface area contributed by atoms with Crippen molar-refractivity contribution in [2.75, 3.05) is 25.1 Å². The van der Waals surface area contributed by atoms with Crippen LogP contribution >= 0.6 is 0 Å². The molecular weight excluding hydrogens is 270 g/mol. The average Bonchev–Trinajstić information content (AvgIpc) is 2.39. The lowest BCUT2D eigenvalue weighted by molar-refractivity contribution is -0.125. The number of carbonyl (C=O) groups is 1. The minimum absolute atomic E-state index is 0.0146. The van der Waals surface area contributed by atoms with Crippen LogP contribution in [0.2, 0.25) is 0 Å². The normalized spacial score (nSPS) is 11.1. The first kappa shape index (κ1) is 17.3. The summed E-state index contributed by atoms with van der Waals surface area (Å²) in [4.78, 5) is 11.8. The van der Waals surface area contributed by atoms with Crippen LogP contribution in [0.3, 0.4) is 0 Å². The number of ether oxygens (including phenoxy) is 3. The van der Waals surface area contributed by atoms with Crippen LogP contribution in [0.4, 0.5) is 5.69 Å². The molecule has 0 saturated carbocycles. The molecular formula is C16H25NO4. The quantitative estimate of drug-likeness (QED) is 0.839. The van der Waals surface area contributed by atoms with E-state index in [0.29, 0.717) is 30.4 Å². The van der Waals surface area contributed by atoms with E-state index in [1.807, 2.05) is 34.6 Å². The number of nitrogens with one attached hydrogen (secondary N) is 1. The van der Waals surface area contributed by atoms with Gasteiger partial charge in [0, 0.05) is 11.8 Å². The van der Waals surface area contributed by atoms with Gasteiger partial charge in [-0.2, -0.15) is 0 Å². The predicted molar refractivity (Wildman–Crippen MR) is 83.1 cm³/mol. The second-order valence-corrected chi connectivity index (χ2v) is 5.48. The number of carbonyl (C=O) groups excluding carboxylic acids is 1. The van der Waals surface area contributed by atoms with E-state index in [-0.39, 0.29) is 18.1 Å². The van der Waals surface area contributed by atoms with Gasteiger partial charge in [-0.25, -0.2) is 0 Å². The summed E-state index contributed by atoms with van der Waals surface area (Å²) < 4.78 is 16.4. The largest absolute Gasteiger partial charge is 0.490 e. The lowest BCUT2D eigenvalue weighted by atomic mass is 10.2. The fourth-order valence-electron chi connectivity index (χ4n) is 1.61. The predicted octanol–water partition coefficient (Wildman–Crippen LogP) is 3.24. The molecule has 0 fully saturated rings. The molecule has 0 spiro atoms. The smallest absolute Gasteiger partial charge is 0.250 e. The van der Waals surface area contributed by atoms with Crippen molar-refractivity contribution >= 4 is 11.6 Å². The van der Waals surface area contributed by atoms with Crippen LogP contribution in [0.1, 0.15) is 34.6 Å². The number of anilines is 1. The minimum atomic E-state index is -0.341. The van der Waals surface area contributed by atoms with Gasteiger partial charge in [0.15, 0.2) is 11.5 Å². The molecule has 5 heteroatoms. The summed E-state index contributed by atoms with van der Waals surface area (Å²) in [6.45, 7) is 10.6. The summed E-state index contributed by atoms with van der Waals surface area (Å²) in [6, 6.07) is 5.32. The molecule has 5 nitrogen and oxygen atoms in total. The zero-order valence-electron chi connectivity index (χ0n) is 13.5. The van der Waals surface area contributed by atoms with Gasteiger partial charge >= 0.3 is 0 Å². The van der Waals surface area contributed by atoms with Gasteiger partial charge in [-0.05, 0) is 46.8 Å². The van der Waals surface area contributed by atoms with E-state index in [9.17, 15) is 4.79 Å². The van der Waals surface area contributed by atoms with Crippen molar-refractivity contribution in [2.24, 2.45) is 0 Å². The van der Waals surface area contributed by atoms with Gasteiger partial charge in [0.2, 0.25) is 5.91 Å². The van der Waals surface area contributed by atoms with Crippen molar-refractivity contribution in [1.82, 2.24) is 0 Å². The third kappa shape index (κ3) is 6.49. The Bertz CT molecular complexity index is 466. The molecule has 21 heavy (non-hydrogen) atoms. The van der Waals surface area contributed by atoms with Crippen LogP contribution in [0, 0.1) is 0 Å². The molecule has 0 aliphatic carbocycles. The van der Waals surface area contributed by atoms with Gasteiger partial charge < -0.3 is 19.5 Å². The summed E-state index contributed by atoms with van der Waals surface area (Å²) in [7, 11) is 0. The molecule has 0 unspecified atom stereocenters. The van der Waals surface area contributed by atoms with Gasteiger partial charge in [0.05, 0.1) is 18.8 Å². The third-order valence-corrected chi connectivity index (χ3v) is 2.46. The highest BCUT2D eigenvalue weighted by molar-refractivity contribution is 5.92. The summed E-state index contributed by atoms with van der Waals surface area (Å²) in [5, 5.41) is 2.78. The Morgan fingerprint density at radius 2 is 1.71 bits per heavy atom. The summed E-state index contributed by atoms with van der Waals surface area (Å²) in [6.07, 6.45) is 0. The summed E-state index contributed by atoms with van der Waals surface area (Å²) >= 11 is 0. The second-order valence-electron chi connectivity index (χ2n) is 5.48. The molecule has 0 aliphatic heterocycles. The Labute approximate surface area is 126 Å². The van der Waals surface area contributed by atoms with Crippen LogP contribution in [-0.4, -0.2) is 31.3 Å². The van der Waals surface area contributed by atoms with Crippen LogP contribution < -0.4 is 14.8 Å². The van der Waals surface area contributed by atoms with E-state index < -0.39 is 0 Å². The molecule has 0 radical (unpaired) electrons. The number of rotatable bonds is 7. The Kier molecular flexibility index (Phi) is 6.49. The number of amides is 1. The van der Waals surface area contributed by atoms with E-state index in [2.05, 4.69) is 5.32 Å².